The first-order chi connectivity index (χ1) is 6.07. The van der Waals surface area contributed by atoms with E-state index in [1.807, 2.05) is 20.9 Å². The van der Waals surface area contributed by atoms with Gasteiger partial charge in [0.25, 0.3) is 0 Å². The number of hydrogen-bond donors (Lipinski definition) is 1. The van der Waals surface area contributed by atoms with Crippen LogP contribution in [-0.2, 0) is 0 Å². The van der Waals surface area contributed by atoms with Gasteiger partial charge in [-0.05, 0) is 31.8 Å². The summed E-state index contributed by atoms with van der Waals surface area (Å²) in [4.78, 5) is 1.16. The molecule has 1 atom stereocenters. The van der Waals surface area contributed by atoms with Crippen molar-refractivity contribution in [2.24, 2.45) is 0 Å². The third-order valence-corrected chi connectivity index (χ3v) is 3.75. The fraction of sp³-hybridized carbons (Fsp3) is 0.400. The summed E-state index contributed by atoms with van der Waals surface area (Å²) in [6.07, 6.45) is 0. The molecule has 0 fully saturated rings. The van der Waals surface area contributed by atoms with Gasteiger partial charge >= 0.3 is 0 Å². The average molecular weight is 216 g/mol. The molecule has 0 aliphatic carbocycles. The van der Waals surface area contributed by atoms with Crippen molar-refractivity contribution in [3.05, 3.63) is 33.0 Å². The van der Waals surface area contributed by atoms with E-state index in [0.717, 1.165) is 21.0 Å². The zero-order chi connectivity index (χ0) is 10.0. The molecule has 1 nitrogen and oxygen atoms in total. The summed E-state index contributed by atoms with van der Waals surface area (Å²) in [6.45, 7) is 7.97. The molecular formula is C10H14ClNS. The summed E-state index contributed by atoms with van der Waals surface area (Å²) in [6, 6.07) is 0.186. The Morgan fingerprint density at radius 1 is 1.69 bits per heavy atom. The second-order valence-corrected chi connectivity index (χ2v) is 4.45. The van der Waals surface area contributed by atoms with Crippen LogP contribution in [0.4, 0.5) is 0 Å². The summed E-state index contributed by atoms with van der Waals surface area (Å²) in [7, 11) is 1.92. The van der Waals surface area contributed by atoms with E-state index in [-0.39, 0.29) is 6.04 Å². The first-order valence-corrected chi connectivity index (χ1v) is 5.39. The molecule has 0 aliphatic heterocycles. The van der Waals surface area contributed by atoms with E-state index < -0.39 is 0 Å². The van der Waals surface area contributed by atoms with Crippen LogP contribution in [0.15, 0.2) is 17.5 Å². The van der Waals surface area contributed by atoms with Gasteiger partial charge in [-0.1, -0.05) is 23.8 Å². The Morgan fingerprint density at radius 3 is 2.62 bits per heavy atom. The zero-order valence-electron chi connectivity index (χ0n) is 8.15. The highest BCUT2D eigenvalue weighted by Gasteiger charge is 2.16. The van der Waals surface area contributed by atoms with Crippen molar-refractivity contribution in [1.82, 2.24) is 5.32 Å². The van der Waals surface area contributed by atoms with Crippen molar-refractivity contribution in [3.63, 3.8) is 0 Å². The third-order valence-electron chi connectivity index (χ3n) is 1.97. The van der Waals surface area contributed by atoms with Crippen molar-refractivity contribution in [2.75, 3.05) is 7.05 Å². The van der Waals surface area contributed by atoms with Crippen LogP contribution in [-0.4, -0.2) is 7.05 Å². The van der Waals surface area contributed by atoms with Crippen molar-refractivity contribution in [1.29, 1.82) is 0 Å². The van der Waals surface area contributed by atoms with Crippen LogP contribution in [0.2, 0.25) is 5.02 Å². The van der Waals surface area contributed by atoms with Crippen molar-refractivity contribution < 1.29 is 0 Å². The molecule has 0 aromatic carbocycles. The minimum Gasteiger partial charge on any atom is -0.309 e. The Morgan fingerprint density at radius 2 is 2.31 bits per heavy atom. The van der Waals surface area contributed by atoms with Crippen molar-refractivity contribution in [2.45, 2.75) is 19.9 Å². The smallest absolute Gasteiger partial charge is 0.0637 e. The maximum atomic E-state index is 6.16. The zero-order valence-corrected chi connectivity index (χ0v) is 9.72. The molecule has 0 bridgehead atoms. The lowest BCUT2D eigenvalue weighted by Gasteiger charge is -2.14. The van der Waals surface area contributed by atoms with Gasteiger partial charge in [0.1, 0.15) is 0 Å². The lowest BCUT2D eigenvalue weighted by molar-refractivity contribution is 0.691. The van der Waals surface area contributed by atoms with Crippen LogP contribution in [0.3, 0.4) is 0 Å². The Balaban J connectivity index is 3.05. The number of nitrogens with one attached hydrogen (secondary N) is 1. The van der Waals surface area contributed by atoms with Gasteiger partial charge < -0.3 is 5.32 Å². The van der Waals surface area contributed by atoms with Crippen LogP contribution < -0.4 is 5.32 Å². The molecule has 1 heterocycles. The van der Waals surface area contributed by atoms with Gasteiger partial charge in [0, 0.05) is 4.88 Å². The number of likely N-dealkylation sites (N-methyl/N-ethyl adjacent to an activating group) is 1. The largest absolute Gasteiger partial charge is 0.309 e. The highest BCUT2D eigenvalue weighted by molar-refractivity contribution is 7.10. The van der Waals surface area contributed by atoms with Crippen molar-refractivity contribution >= 4 is 22.9 Å². The fourth-order valence-electron chi connectivity index (χ4n) is 1.25. The van der Waals surface area contributed by atoms with Gasteiger partial charge in [-0.15, -0.1) is 11.3 Å². The molecule has 13 heavy (non-hydrogen) atoms. The van der Waals surface area contributed by atoms with E-state index in [1.165, 1.54) is 0 Å². The molecule has 1 aromatic rings. The van der Waals surface area contributed by atoms with Gasteiger partial charge in [0.05, 0.1) is 11.1 Å². The molecule has 72 valence electrons. The van der Waals surface area contributed by atoms with Crippen LogP contribution in [0, 0.1) is 6.92 Å². The second-order valence-electron chi connectivity index (χ2n) is 3.16. The Kier molecular flexibility index (Phi) is 3.54. The number of hydrogen-bond acceptors (Lipinski definition) is 2. The number of rotatable bonds is 3. The average Bonchev–Trinajstić information content (AvgIpc) is 2.37. The van der Waals surface area contributed by atoms with E-state index >= 15 is 0 Å². The predicted molar refractivity (Wildman–Crippen MR) is 60.7 cm³/mol. The number of thiophene rings is 1. The highest BCUT2D eigenvalue weighted by Crippen LogP contribution is 2.34. The predicted octanol–water partition coefficient (Wildman–Crippen LogP) is 3.55. The monoisotopic (exact) mass is 215 g/mol. The maximum Gasteiger partial charge on any atom is 0.0637 e. The molecule has 0 radical (unpaired) electrons. The molecule has 3 heteroatoms. The molecule has 0 aliphatic rings. The fourth-order valence-corrected chi connectivity index (χ4v) is 2.75. The quantitative estimate of drug-likeness (QED) is 0.761. The molecular weight excluding hydrogens is 202 g/mol. The summed E-state index contributed by atoms with van der Waals surface area (Å²) in [5.74, 6) is 0. The molecule has 0 spiro atoms. The minimum atomic E-state index is 0.186. The van der Waals surface area contributed by atoms with Crippen LogP contribution in [0.25, 0.3) is 0 Å². The van der Waals surface area contributed by atoms with Crippen molar-refractivity contribution in [3.8, 4) is 0 Å². The van der Waals surface area contributed by atoms with E-state index in [4.69, 9.17) is 11.6 Å². The topological polar surface area (TPSA) is 12.0 Å². The summed E-state index contributed by atoms with van der Waals surface area (Å²) in [5.41, 5.74) is 2.23. The van der Waals surface area contributed by atoms with E-state index in [2.05, 4.69) is 17.3 Å². The molecule has 1 rings (SSSR count). The van der Waals surface area contributed by atoms with Gasteiger partial charge in [-0.25, -0.2) is 0 Å². The molecule has 0 amide bonds. The summed E-state index contributed by atoms with van der Waals surface area (Å²) < 4.78 is 0. The lowest BCUT2D eigenvalue weighted by Crippen LogP contribution is -2.16. The van der Waals surface area contributed by atoms with E-state index in [0.29, 0.717) is 0 Å². The van der Waals surface area contributed by atoms with Gasteiger partial charge in [-0.3, -0.25) is 0 Å². The van der Waals surface area contributed by atoms with Gasteiger partial charge in [0.2, 0.25) is 0 Å². The molecule has 0 saturated heterocycles. The van der Waals surface area contributed by atoms with Crippen LogP contribution in [0.1, 0.15) is 23.4 Å². The number of aryl methyl sites for hydroxylation is 1. The summed E-state index contributed by atoms with van der Waals surface area (Å²) in [5, 5.41) is 6.14. The Hall–Kier alpha value is -0.310. The molecule has 1 N–H and O–H groups in total. The Labute approximate surface area is 88.4 Å². The highest BCUT2D eigenvalue weighted by atomic mass is 35.5. The van der Waals surface area contributed by atoms with Gasteiger partial charge in [-0.2, -0.15) is 0 Å². The van der Waals surface area contributed by atoms with Crippen LogP contribution in [0.5, 0.6) is 0 Å². The molecule has 1 unspecified atom stereocenters. The van der Waals surface area contributed by atoms with E-state index in [1.54, 1.807) is 11.3 Å². The minimum absolute atomic E-state index is 0.186. The molecule has 1 aromatic heterocycles. The van der Waals surface area contributed by atoms with Crippen LogP contribution >= 0.6 is 22.9 Å². The summed E-state index contributed by atoms with van der Waals surface area (Å²) >= 11 is 7.84. The van der Waals surface area contributed by atoms with E-state index in [9.17, 15) is 0 Å². The first kappa shape index (κ1) is 10.8. The van der Waals surface area contributed by atoms with Gasteiger partial charge in [0.15, 0.2) is 0 Å². The number of halogens is 1. The maximum absolute atomic E-state index is 6.16. The lowest BCUT2D eigenvalue weighted by atomic mass is 10.1. The standard InChI is InChI=1S/C10H14ClNS/c1-6(2)9(12-4)10-8(11)7(3)5-13-10/h5,9,12H,1H2,2-4H3. The third kappa shape index (κ3) is 2.13. The second kappa shape index (κ2) is 4.27. The SMILES string of the molecule is C=C(C)C(NC)c1scc(C)c1Cl. The molecule has 0 saturated carbocycles. The first-order valence-electron chi connectivity index (χ1n) is 4.14. The Bertz CT molecular complexity index is 317. The normalized spacial score (nSPS) is 12.9.